The average Bonchev–Trinajstić information content (AvgIpc) is 2.98. The van der Waals surface area contributed by atoms with Gasteiger partial charge in [0.2, 0.25) is 0 Å². The van der Waals surface area contributed by atoms with Crippen molar-refractivity contribution < 1.29 is 4.79 Å². The summed E-state index contributed by atoms with van der Waals surface area (Å²) in [5, 5.41) is 9.16. The predicted molar refractivity (Wildman–Crippen MR) is 89.8 cm³/mol. The molecule has 0 saturated heterocycles. The van der Waals surface area contributed by atoms with Gasteiger partial charge in [0.15, 0.2) is 0 Å². The average molecular weight is 311 g/mol. The van der Waals surface area contributed by atoms with Crippen molar-refractivity contribution in [2.75, 3.05) is 0 Å². The first-order chi connectivity index (χ1) is 10.7. The number of amides is 2. The minimum Gasteiger partial charge on any atom is -0.334 e. The van der Waals surface area contributed by atoms with Gasteiger partial charge in [-0.2, -0.15) is 0 Å². The maximum Gasteiger partial charge on any atom is 0.315 e. The Morgan fingerprint density at radius 2 is 2.00 bits per heavy atom. The van der Waals surface area contributed by atoms with Gasteiger partial charge in [0, 0.05) is 23.6 Å². The molecule has 1 aromatic carbocycles. The van der Waals surface area contributed by atoms with Crippen molar-refractivity contribution in [2.45, 2.75) is 19.5 Å². The molecule has 0 bridgehead atoms. The van der Waals surface area contributed by atoms with E-state index in [0.717, 1.165) is 11.1 Å². The first-order valence-electron chi connectivity index (χ1n) is 7.13. The summed E-state index contributed by atoms with van der Waals surface area (Å²) in [6.45, 7) is 2.49. The summed E-state index contributed by atoms with van der Waals surface area (Å²) in [5.41, 5.74) is 2.18. The molecule has 4 nitrogen and oxygen atoms in total. The van der Waals surface area contributed by atoms with Crippen LogP contribution in [0.1, 0.15) is 24.1 Å². The van der Waals surface area contributed by atoms with Crippen molar-refractivity contribution in [1.29, 1.82) is 0 Å². The molecule has 5 heteroatoms. The van der Waals surface area contributed by atoms with Crippen molar-refractivity contribution in [3.63, 3.8) is 0 Å². The lowest BCUT2D eigenvalue weighted by Crippen LogP contribution is -2.36. The van der Waals surface area contributed by atoms with E-state index >= 15 is 0 Å². The van der Waals surface area contributed by atoms with Crippen LogP contribution in [0.25, 0.3) is 10.1 Å². The molecule has 0 spiro atoms. The molecule has 0 fully saturated rings. The third-order valence-electron chi connectivity index (χ3n) is 3.53. The third-order valence-corrected chi connectivity index (χ3v) is 4.51. The molecule has 112 valence electrons. The van der Waals surface area contributed by atoms with Gasteiger partial charge >= 0.3 is 6.03 Å². The molecule has 2 N–H and O–H groups in total. The number of pyridine rings is 1. The second kappa shape index (κ2) is 6.58. The quantitative estimate of drug-likeness (QED) is 0.769. The highest BCUT2D eigenvalue weighted by Gasteiger charge is 2.13. The zero-order valence-electron chi connectivity index (χ0n) is 12.2. The van der Waals surface area contributed by atoms with Crippen LogP contribution in [0, 0.1) is 0 Å². The fourth-order valence-corrected chi connectivity index (χ4v) is 3.40. The number of thiophene rings is 1. The molecule has 2 aromatic heterocycles. The molecule has 2 heterocycles. The maximum atomic E-state index is 12.0. The van der Waals surface area contributed by atoms with Crippen LogP contribution in [-0.2, 0) is 6.54 Å². The third kappa shape index (κ3) is 3.26. The highest BCUT2D eigenvalue weighted by atomic mass is 32.1. The van der Waals surface area contributed by atoms with E-state index < -0.39 is 0 Å². The molecule has 3 aromatic rings. The van der Waals surface area contributed by atoms with Crippen LogP contribution in [0.4, 0.5) is 4.79 Å². The van der Waals surface area contributed by atoms with Crippen molar-refractivity contribution in [2.24, 2.45) is 0 Å². The Hall–Kier alpha value is -2.40. The molecular formula is C17H17N3OS. The molecule has 2 amide bonds. The van der Waals surface area contributed by atoms with Gasteiger partial charge in [0.1, 0.15) is 0 Å². The number of aromatic nitrogens is 1. The van der Waals surface area contributed by atoms with Gasteiger partial charge in [-0.15, -0.1) is 11.3 Å². The van der Waals surface area contributed by atoms with E-state index in [1.807, 2.05) is 31.2 Å². The number of nitrogens with one attached hydrogen (secondary N) is 2. The second-order valence-corrected chi connectivity index (χ2v) is 6.00. The van der Waals surface area contributed by atoms with Gasteiger partial charge in [-0.1, -0.05) is 18.2 Å². The van der Waals surface area contributed by atoms with E-state index in [2.05, 4.69) is 33.1 Å². The van der Waals surface area contributed by atoms with E-state index in [1.165, 1.54) is 10.1 Å². The molecule has 0 aliphatic heterocycles. The molecule has 0 aliphatic carbocycles. The van der Waals surface area contributed by atoms with E-state index in [0.29, 0.717) is 6.54 Å². The van der Waals surface area contributed by atoms with Crippen molar-refractivity contribution in [1.82, 2.24) is 15.6 Å². The SMILES string of the molecule is C[C@H](NC(=O)NCc1ccncc1)c1csc2ccccc12. The van der Waals surface area contributed by atoms with Crippen LogP contribution < -0.4 is 10.6 Å². The largest absolute Gasteiger partial charge is 0.334 e. The first kappa shape index (κ1) is 14.5. The zero-order chi connectivity index (χ0) is 15.4. The van der Waals surface area contributed by atoms with E-state index in [1.54, 1.807) is 23.7 Å². The smallest absolute Gasteiger partial charge is 0.315 e. The highest BCUT2D eigenvalue weighted by molar-refractivity contribution is 7.17. The molecule has 3 rings (SSSR count). The van der Waals surface area contributed by atoms with Crippen LogP contribution in [0.3, 0.4) is 0 Å². The molecular weight excluding hydrogens is 294 g/mol. The lowest BCUT2D eigenvalue weighted by molar-refractivity contribution is 0.237. The van der Waals surface area contributed by atoms with Gasteiger partial charge in [-0.3, -0.25) is 4.98 Å². The summed E-state index contributed by atoms with van der Waals surface area (Å²) in [4.78, 5) is 16.0. The molecule has 0 saturated carbocycles. The molecule has 0 unspecified atom stereocenters. The number of hydrogen-bond acceptors (Lipinski definition) is 3. The van der Waals surface area contributed by atoms with Crippen LogP contribution >= 0.6 is 11.3 Å². The molecule has 0 radical (unpaired) electrons. The maximum absolute atomic E-state index is 12.0. The number of hydrogen-bond donors (Lipinski definition) is 2. The van der Waals surface area contributed by atoms with Crippen LogP contribution in [-0.4, -0.2) is 11.0 Å². The lowest BCUT2D eigenvalue weighted by Gasteiger charge is -2.14. The summed E-state index contributed by atoms with van der Waals surface area (Å²) in [6.07, 6.45) is 3.43. The number of rotatable bonds is 4. The Labute approximate surface area is 133 Å². The Kier molecular flexibility index (Phi) is 4.34. The number of carbonyl (C=O) groups excluding carboxylic acids is 1. The van der Waals surface area contributed by atoms with Gasteiger partial charge in [0.05, 0.1) is 6.04 Å². The Bertz CT molecular complexity index is 770. The molecule has 22 heavy (non-hydrogen) atoms. The van der Waals surface area contributed by atoms with Crippen molar-refractivity contribution in [3.05, 3.63) is 65.3 Å². The second-order valence-electron chi connectivity index (χ2n) is 5.09. The Morgan fingerprint density at radius 3 is 2.82 bits per heavy atom. The van der Waals surface area contributed by atoms with E-state index in [-0.39, 0.29) is 12.1 Å². The monoisotopic (exact) mass is 311 g/mol. The number of benzene rings is 1. The topological polar surface area (TPSA) is 54.0 Å². The minimum absolute atomic E-state index is 0.0337. The number of carbonyl (C=O) groups is 1. The van der Waals surface area contributed by atoms with Crippen LogP contribution in [0.2, 0.25) is 0 Å². The van der Waals surface area contributed by atoms with Gasteiger partial charge < -0.3 is 10.6 Å². The Morgan fingerprint density at radius 1 is 1.23 bits per heavy atom. The van der Waals surface area contributed by atoms with E-state index in [4.69, 9.17) is 0 Å². The van der Waals surface area contributed by atoms with Gasteiger partial charge in [-0.25, -0.2) is 4.79 Å². The van der Waals surface area contributed by atoms with Gasteiger partial charge in [0.25, 0.3) is 0 Å². The van der Waals surface area contributed by atoms with Crippen molar-refractivity contribution in [3.8, 4) is 0 Å². The van der Waals surface area contributed by atoms with Crippen LogP contribution in [0.5, 0.6) is 0 Å². The zero-order valence-corrected chi connectivity index (χ0v) is 13.1. The van der Waals surface area contributed by atoms with Crippen molar-refractivity contribution >= 4 is 27.5 Å². The standard InChI is InChI=1S/C17H17N3OS/c1-12(15-11-22-16-5-3-2-4-14(15)16)20-17(21)19-10-13-6-8-18-9-7-13/h2-9,11-12H,10H2,1H3,(H2,19,20,21)/t12-/m0/s1. The first-order valence-corrected chi connectivity index (χ1v) is 8.01. The summed E-state index contributed by atoms with van der Waals surface area (Å²) in [7, 11) is 0. The summed E-state index contributed by atoms with van der Waals surface area (Å²) >= 11 is 1.70. The number of fused-ring (bicyclic) bond motifs is 1. The fourth-order valence-electron chi connectivity index (χ4n) is 2.34. The fraction of sp³-hybridized carbons (Fsp3) is 0.176. The van der Waals surface area contributed by atoms with Crippen LogP contribution in [0.15, 0.2) is 54.2 Å². The molecule has 0 aliphatic rings. The highest BCUT2D eigenvalue weighted by Crippen LogP contribution is 2.29. The Balaban J connectivity index is 1.61. The summed E-state index contributed by atoms with van der Waals surface area (Å²) < 4.78 is 1.24. The normalized spacial score (nSPS) is 12.0. The molecule has 1 atom stereocenters. The predicted octanol–water partition coefficient (Wildman–Crippen LogP) is 3.86. The number of nitrogens with zero attached hydrogens (tertiary/aromatic N) is 1. The number of urea groups is 1. The van der Waals surface area contributed by atoms with E-state index in [9.17, 15) is 4.79 Å². The minimum atomic E-state index is -0.167. The summed E-state index contributed by atoms with van der Waals surface area (Å²) in [6, 6.07) is 11.8. The van der Waals surface area contributed by atoms with Gasteiger partial charge in [-0.05, 0) is 47.0 Å². The lowest BCUT2D eigenvalue weighted by atomic mass is 10.1. The summed E-state index contributed by atoms with van der Waals surface area (Å²) in [5.74, 6) is 0.